The molecule has 0 aliphatic heterocycles. The molecule has 0 aliphatic carbocycles. The molecular weight excluding hydrogens is 197 g/mol. The molecule has 1 N–H and O–H groups in total. The minimum Gasteiger partial charge on any atom is -0.444 e. The SMILES string of the molecule is CC(C)(C)OC(=O)N[C@H](CF)C(C)(C)C. The Labute approximate surface area is 91.4 Å². The summed E-state index contributed by atoms with van der Waals surface area (Å²) in [6.45, 7) is 10.3. The van der Waals surface area contributed by atoms with Crippen LogP contribution in [0, 0.1) is 5.41 Å². The molecule has 0 aromatic heterocycles. The van der Waals surface area contributed by atoms with Gasteiger partial charge in [-0.05, 0) is 26.2 Å². The summed E-state index contributed by atoms with van der Waals surface area (Å²) in [6.07, 6.45) is -0.569. The van der Waals surface area contributed by atoms with E-state index in [0.717, 1.165) is 0 Å². The molecule has 0 fully saturated rings. The van der Waals surface area contributed by atoms with Gasteiger partial charge in [-0.3, -0.25) is 0 Å². The summed E-state index contributed by atoms with van der Waals surface area (Å²) in [6, 6.07) is -0.521. The van der Waals surface area contributed by atoms with E-state index in [1.54, 1.807) is 20.8 Å². The fourth-order valence-electron chi connectivity index (χ4n) is 0.936. The summed E-state index contributed by atoms with van der Waals surface area (Å²) in [5.74, 6) is 0. The van der Waals surface area contributed by atoms with Gasteiger partial charge < -0.3 is 10.1 Å². The molecule has 0 saturated carbocycles. The number of ether oxygens (including phenoxy) is 1. The molecule has 15 heavy (non-hydrogen) atoms. The number of hydrogen-bond donors (Lipinski definition) is 1. The topological polar surface area (TPSA) is 38.3 Å². The third-order valence-corrected chi connectivity index (χ3v) is 1.89. The Morgan fingerprint density at radius 3 is 2.00 bits per heavy atom. The second-order valence-electron chi connectivity index (χ2n) is 5.72. The smallest absolute Gasteiger partial charge is 0.407 e. The predicted octanol–water partition coefficient (Wildman–Crippen LogP) is 2.90. The van der Waals surface area contributed by atoms with Gasteiger partial charge in [0.1, 0.15) is 12.3 Å². The molecule has 3 nitrogen and oxygen atoms in total. The van der Waals surface area contributed by atoms with Crippen molar-refractivity contribution >= 4 is 6.09 Å². The van der Waals surface area contributed by atoms with E-state index in [4.69, 9.17) is 4.74 Å². The second-order valence-corrected chi connectivity index (χ2v) is 5.72. The van der Waals surface area contributed by atoms with Crippen molar-refractivity contribution in [2.24, 2.45) is 5.41 Å². The van der Waals surface area contributed by atoms with Gasteiger partial charge in [-0.2, -0.15) is 0 Å². The summed E-state index contributed by atoms with van der Waals surface area (Å²) in [5.41, 5.74) is -0.867. The van der Waals surface area contributed by atoms with E-state index in [0.29, 0.717) is 0 Å². The van der Waals surface area contributed by atoms with Gasteiger partial charge in [0.2, 0.25) is 0 Å². The van der Waals surface area contributed by atoms with Gasteiger partial charge in [0.25, 0.3) is 0 Å². The van der Waals surface area contributed by atoms with Crippen LogP contribution in [0.25, 0.3) is 0 Å². The maximum absolute atomic E-state index is 12.7. The summed E-state index contributed by atoms with van der Waals surface area (Å²) >= 11 is 0. The number of halogens is 1. The van der Waals surface area contributed by atoms with Crippen LogP contribution in [-0.4, -0.2) is 24.4 Å². The summed E-state index contributed by atoms with van der Waals surface area (Å²) in [5, 5.41) is 2.53. The molecular formula is C11H22FNO2. The van der Waals surface area contributed by atoms with Gasteiger partial charge in [-0.1, -0.05) is 20.8 Å². The van der Waals surface area contributed by atoms with Crippen LogP contribution in [-0.2, 0) is 4.74 Å². The van der Waals surface area contributed by atoms with Crippen LogP contribution in [0.15, 0.2) is 0 Å². The Morgan fingerprint density at radius 2 is 1.73 bits per heavy atom. The highest BCUT2D eigenvalue weighted by molar-refractivity contribution is 5.68. The minimum absolute atomic E-state index is 0.314. The number of carbonyl (C=O) groups excluding carboxylic acids is 1. The molecule has 0 aliphatic rings. The fourth-order valence-corrected chi connectivity index (χ4v) is 0.936. The number of carbonyl (C=O) groups is 1. The third kappa shape index (κ3) is 6.31. The van der Waals surface area contributed by atoms with Crippen molar-refractivity contribution < 1.29 is 13.9 Å². The Balaban J connectivity index is 4.27. The summed E-state index contributed by atoms with van der Waals surface area (Å²) < 4.78 is 17.7. The lowest BCUT2D eigenvalue weighted by Crippen LogP contribution is -2.47. The highest BCUT2D eigenvalue weighted by atomic mass is 19.1. The van der Waals surface area contributed by atoms with Crippen molar-refractivity contribution in [2.75, 3.05) is 6.67 Å². The molecule has 1 amide bonds. The highest BCUT2D eigenvalue weighted by Crippen LogP contribution is 2.20. The van der Waals surface area contributed by atoms with Crippen LogP contribution in [0.5, 0.6) is 0 Å². The zero-order valence-electron chi connectivity index (χ0n) is 10.5. The zero-order chi connectivity index (χ0) is 12.3. The zero-order valence-corrected chi connectivity index (χ0v) is 10.5. The predicted molar refractivity (Wildman–Crippen MR) is 58.6 cm³/mol. The molecule has 0 saturated heterocycles. The molecule has 0 heterocycles. The number of rotatable bonds is 2. The third-order valence-electron chi connectivity index (χ3n) is 1.89. The van der Waals surface area contributed by atoms with Crippen molar-refractivity contribution in [1.82, 2.24) is 5.32 Å². The van der Waals surface area contributed by atoms with Gasteiger partial charge in [0.05, 0.1) is 6.04 Å². The van der Waals surface area contributed by atoms with Crippen LogP contribution in [0.2, 0.25) is 0 Å². The van der Waals surface area contributed by atoms with Crippen molar-refractivity contribution in [3.05, 3.63) is 0 Å². The standard InChI is InChI=1S/C11H22FNO2/c1-10(2,3)8(7-12)13-9(14)15-11(4,5)6/h8H,7H2,1-6H3,(H,13,14)/t8-/m1/s1. The quantitative estimate of drug-likeness (QED) is 0.775. The van der Waals surface area contributed by atoms with Gasteiger partial charge >= 0.3 is 6.09 Å². The molecule has 0 radical (unpaired) electrons. The Kier molecular flexibility index (Phi) is 4.56. The maximum Gasteiger partial charge on any atom is 0.407 e. The first-order chi connectivity index (χ1) is 6.56. The number of amides is 1. The Bertz CT molecular complexity index is 216. The molecule has 1 atom stereocenters. The van der Waals surface area contributed by atoms with Crippen molar-refractivity contribution in [3.8, 4) is 0 Å². The largest absolute Gasteiger partial charge is 0.444 e. The van der Waals surface area contributed by atoms with E-state index in [1.165, 1.54) is 0 Å². The lowest BCUT2D eigenvalue weighted by atomic mass is 9.88. The highest BCUT2D eigenvalue weighted by Gasteiger charge is 2.28. The average molecular weight is 219 g/mol. The van der Waals surface area contributed by atoms with E-state index < -0.39 is 24.4 Å². The van der Waals surface area contributed by atoms with Gasteiger partial charge in [0, 0.05) is 0 Å². The van der Waals surface area contributed by atoms with E-state index in [-0.39, 0.29) is 5.41 Å². The Hall–Kier alpha value is -0.800. The van der Waals surface area contributed by atoms with Crippen LogP contribution >= 0.6 is 0 Å². The van der Waals surface area contributed by atoms with Crippen molar-refractivity contribution in [3.63, 3.8) is 0 Å². The first-order valence-electron chi connectivity index (χ1n) is 5.12. The minimum atomic E-state index is -0.595. The maximum atomic E-state index is 12.7. The summed E-state index contributed by atoms with van der Waals surface area (Å²) in [7, 11) is 0. The van der Waals surface area contributed by atoms with Crippen LogP contribution in [0.4, 0.5) is 9.18 Å². The lowest BCUT2D eigenvalue weighted by molar-refractivity contribution is 0.0448. The van der Waals surface area contributed by atoms with E-state index in [1.807, 2.05) is 20.8 Å². The second kappa shape index (κ2) is 4.81. The number of alkyl halides is 1. The van der Waals surface area contributed by atoms with E-state index in [9.17, 15) is 9.18 Å². The molecule has 0 aromatic rings. The summed E-state index contributed by atoms with van der Waals surface area (Å²) in [4.78, 5) is 11.4. The van der Waals surface area contributed by atoms with Crippen LogP contribution < -0.4 is 5.32 Å². The van der Waals surface area contributed by atoms with Crippen LogP contribution in [0.3, 0.4) is 0 Å². The number of alkyl carbamates (subject to hydrolysis) is 1. The fraction of sp³-hybridized carbons (Fsp3) is 0.909. The average Bonchev–Trinajstić information content (AvgIpc) is 1.94. The van der Waals surface area contributed by atoms with E-state index >= 15 is 0 Å². The molecule has 90 valence electrons. The molecule has 4 heteroatoms. The molecule has 0 aromatic carbocycles. The molecule has 0 bridgehead atoms. The van der Waals surface area contributed by atoms with Gasteiger partial charge in [-0.25, -0.2) is 9.18 Å². The van der Waals surface area contributed by atoms with Crippen molar-refractivity contribution in [1.29, 1.82) is 0 Å². The number of hydrogen-bond acceptors (Lipinski definition) is 2. The monoisotopic (exact) mass is 219 g/mol. The van der Waals surface area contributed by atoms with Crippen molar-refractivity contribution in [2.45, 2.75) is 53.2 Å². The number of nitrogens with one attached hydrogen (secondary N) is 1. The Morgan fingerprint density at radius 1 is 1.27 bits per heavy atom. The molecule has 0 spiro atoms. The molecule has 0 unspecified atom stereocenters. The lowest BCUT2D eigenvalue weighted by Gasteiger charge is -2.30. The van der Waals surface area contributed by atoms with Gasteiger partial charge in [0.15, 0.2) is 0 Å². The first kappa shape index (κ1) is 14.2. The van der Waals surface area contributed by atoms with Crippen LogP contribution in [0.1, 0.15) is 41.5 Å². The molecule has 0 rings (SSSR count). The van der Waals surface area contributed by atoms with E-state index in [2.05, 4.69) is 5.32 Å². The first-order valence-corrected chi connectivity index (χ1v) is 5.12. The normalized spacial score (nSPS) is 14.6. The van der Waals surface area contributed by atoms with Gasteiger partial charge in [-0.15, -0.1) is 0 Å².